The van der Waals surface area contributed by atoms with Gasteiger partial charge < -0.3 is 43.8 Å². The molecule has 0 unspecified atom stereocenters. The van der Waals surface area contributed by atoms with E-state index in [-0.39, 0.29) is 19.6 Å². The van der Waals surface area contributed by atoms with Gasteiger partial charge in [-0.15, -0.1) is 0 Å². The van der Waals surface area contributed by atoms with Crippen LogP contribution in [0.4, 0.5) is 4.79 Å². The highest BCUT2D eigenvalue weighted by Gasteiger charge is 2.60. The molecule has 0 aromatic heterocycles. The lowest BCUT2D eigenvalue weighted by atomic mass is 10.0. The van der Waals surface area contributed by atoms with Crippen LogP contribution in [0.2, 0.25) is 0 Å². The minimum Gasteiger partial charge on any atom is -0.455 e. The first-order chi connectivity index (χ1) is 20.5. The van der Waals surface area contributed by atoms with Crippen molar-refractivity contribution in [2.45, 2.75) is 89.0 Å². The van der Waals surface area contributed by atoms with Gasteiger partial charge in [-0.25, -0.2) is 9.59 Å². The number of hydrogen-bond donors (Lipinski definition) is 2. The Kier molecular flexibility index (Phi) is 9.33. The molecule has 0 spiro atoms. The molecule has 12 heteroatoms. The van der Waals surface area contributed by atoms with Crippen molar-refractivity contribution < 1.29 is 47.5 Å². The molecule has 12 nitrogen and oxygen atoms in total. The van der Waals surface area contributed by atoms with Gasteiger partial charge >= 0.3 is 12.1 Å². The molecule has 3 aliphatic rings. The lowest BCUT2D eigenvalue weighted by molar-refractivity contribution is -0.235. The Morgan fingerprint density at radius 1 is 0.884 bits per heavy atom. The molecule has 3 aliphatic heterocycles. The molecular formula is C31H38N2O10. The number of carbonyl (C=O) groups is 3. The quantitative estimate of drug-likeness (QED) is 0.392. The Morgan fingerprint density at radius 2 is 1.56 bits per heavy atom. The van der Waals surface area contributed by atoms with Crippen molar-refractivity contribution in [2.24, 2.45) is 0 Å². The van der Waals surface area contributed by atoms with Gasteiger partial charge in [0.1, 0.15) is 31.4 Å². The van der Waals surface area contributed by atoms with E-state index in [0.717, 1.165) is 11.1 Å². The summed E-state index contributed by atoms with van der Waals surface area (Å²) >= 11 is 0. The molecule has 2 amide bonds. The van der Waals surface area contributed by atoms with E-state index in [1.165, 1.54) is 0 Å². The Hall–Kier alpha value is -3.55. The third-order valence-electron chi connectivity index (χ3n) is 7.18. The summed E-state index contributed by atoms with van der Waals surface area (Å²) in [4.78, 5) is 38.7. The third kappa shape index (κ3) is 8.09. The van der Waals surface area contributed by atoms with Crippen molar-refractivity contribution in [3.8, 4) is 0 Å². The van der Waals surface area contributed by atoms with Gasteiger partial charge in [0.25, 0.3) is 0 Å². The summed E-state index contributed by atoms with van der Waals surface area (Å²) < 4.78 is 41.0. The van der Waals surface area contributed by atoms with Gasteiger partial charge in [-0.3, -0.25) is 4.79 Å². The lowest BCUT2D eigenvalue weighted by Gasteiger charge is -2.30. The molecule has 5 rings (SSSR count). The van der Waals surface area contributed by atoms with Gasteiger partial charge in [-0.1, -0.05) is 60.7 Å². The molecule has 3 saturated heterocycles. The maximum absolute atomic E-state index is 13.7. The van der Waals surface area contributed by atoms with Crippen molar-refractivity contribution in [1.29, 1.82) is 0 Å². The highest BCUT2D eigenvalue weighted by molar-refractivity contribution is 5.87. The van der Waals surface area contributed by atoms with Crippen molar-refractivity contribution in [3.63, 3.8) is 0 Å². The normalized spacial score (nSPS) is 27.6. The number of carbonyl (C=O) groups excluding carboxylic acids is 3. The zero-order chi connectivity index (χ0) is 30.6. The molecule has 3 fully saturated rings. The fourth-order valence-corrected chi connectivity index (χ4v) is 5.25. The standard InChI is InChI=1S/C31H38N2O10/c1-30(2)38-18-22(41-30)24-25(26-28(40-24)43-31(3,4)42-26)39-27(35)21(15-19-11-7-5-8-12-19)33-23(34)16-32-29(36)37-17-20-13-9-6-10-14-20/h5-14,21-22,24-26,28H,15-18H2,1-4H3,(H,32,36)(H,33,34)/t21-,22+,24+,25+,26+,28+/m1/s1. The number of amides is 2. The number of fused-ring (bicyclic) bond motifs is 1. The Morgan fingerprint density at radius 3 is 2.21 bits per heavy atom. The lowest BCUT2D eigenvalue weighted by Crippen LogP contribution is -2.51. The SMILES string of the molecule is CC1(C)O[C@@H]2O[C@@H]([C@@H]3COC(C)(C)O3)[C@H](OC(=O)[C@@H](Cc3ccccc3)NC(=O)CNC(=O)OCc3ccccc3)[C@@H]2O1. The van der Waals surface area contributed by atoms with Gasteiger partial charge in [0.2, 0.25) is 5.91 Å². The molecule has 0 radical (unpaired) electrons. The first-order valence-electron chi connectivity index (χ1n) is 14.3. The van der Waals surface area contributed by atoms with Gasteiger partial charge in [-0.05, 0) is 38.8 Å². The van der Waals surface area contributed by atoms with E-state index in [0.29, 0.717) is 0 Å². The number of ether oxygens (including phenoxy) is 7. The minimum atomic E-state index is -1.08. The van der Waals surface area contributed by atoms with Crippen LogP contribution in [0.3, 0.4) is 0 Å². The average Bonchev–Trinajstić information content (AvgIpc) is 3.60. The molecule has 2 aromatic carbocycles. The highest BCUT2D eigenvalue weighted by atomic mass is 16.8. The third-order valence-corrected chi connectivity index (χ3v) is 7.18. The van der Waals surface area contributed by atoms with E-state index in [9.17, 15) is 14.4 Å². The maximum Gasteiger partial charge on any atom is 0.407 e. The average molecular weight is 599 g/mol. The zero-order valence-electron chi connectivity index (χ0n) is 24.6. The number of esters is 1. The molecule has 6 atom stereocenters. The predicted octanol–water partition coefficient (Wildman–Crippen LogP) is 2.58. The van der Waals surface area contributed by atoms with Crippen LogP contribution in [0, 0.1) is 0 Å². The van der Waals surface area contributed by atoms with Crippen molar-refractivity contribution >= 4 is 18.0 Å². The summed E-state index contributed by atoms with van der Waals surface area (Å²) in [7, 11) is 0. The summed E-state index contributed by atoms with van der Waals surface area (Å²) in [5.41, 5.74) is 1.61. The number of hydrogen-bond acceptors (Lipinski definition) is 10. The molecule has 2 N–H and O–H groups in total. The van der Waals surface area contributed by atoms with Gasteiger partial charge in [0.15, 0.2) is 30.1 Å². The van der Waals surface area contributed by atoms with E-state index in [2.05, 4.69) is 10.6 Å². The highest BCUT2D eigenvalue weighted by Crippen LogP contribution is 2.42. The summed E-state index contributed by atoms with van der Waals surface area (Å²) in [5.74, 6) is -3.08. The summed E-state index contributed by atoms with van der Waals surface area (Å²) in [6.45, 7) is 6.95. The van der Waals surface area contributed by atoms with E-state index in [1.54, 1.807) is 27.7 Å². The first-order valence-corrected chi connectivity index (χ1v) is 14.3. The monoisotopic (exact) mass is 598 g/mol. The van der Waals surface area contributed by atoms with Crippen molar-refractivity contribution in [3.05, 3.63) is 71.8 Å². The van der Waals surface area contributed by atoms with E-state index < -0.39 is 72.8 Å². The minimum absolute atomic E-state index is 0.0551. The van der Waals surface area contributed by atoms with Crippen molar-refractivity contribution in [2.75, 3.05) is 13.2 Å². The zero-order valence-corrected chi connectivity index (χ0v) is 24.6. The largest absolute Gasteiger partial charge is 0.455 e. The second-order valence-electron chi connectivity index (χ2n) is 11.6. The summed E-state index contributed by atoms with van der Waals surface area (Å²) in [6.07, 6.45) is -4.28. The van der Waals surface area contributed by atoms with Crippen molar-refractivity contribution in [1.82, 2.24) is 10.6 Å². The Bertz CT molecular complexity index is 1270. The molecular weight excluding hydrogens is 560 g/mol. The predicted molar refractivity (Wildman–Crippen MR) is 150 cm³/mol. The van der Waals surface area contributed by atoms with Crippen LogP contribution in [0.25, 0.3) is 0 Å². The molecule has 0 aliphatic carbocycles. The van der Waals surface area contributed by atoms with Crippen LogP contribution in [0.1, 0.15) is 38.8 Å². The number of benzene rings is 2. The number of alkyl carbamates (subject to hydrolysis) is 1. The molecule has 3 heterocycles. The topological polar surface area (TPSA) is 140 Å². The smallest absolute Gasteiger partial charge is 0.407 e. The van der Waals surface area contributed by atoms with Gasteiger partial charge in [-0.2, -0.15) is 0 Å². The molecule has 232 valence electrons. The number of rotatable bonds is 10. The fraction of sp³-hybridized carbons (Fsp3) is 0.516. The van der Waals surface area contributed by atoms with Crippen LogP contribution in [0.5, 0.6) is 0 Å². The summed E-state index contributed by atoms with van der Waals surface area (Å²) in [5, 5.41) is 5.10. The second-order valence-corrected chi connectivity index (χ2v) is 11.6. The van der Waals surface area contributed by atoms with Gasteiger partial charge in [0.05, 0.1) is 6.61 Å². The molecule has 0 saturated carbocycles. The van der Waals surface area contributed by atoms with E-state index in [4.69, 9.17) is 33.2 Å². The second kappa shape index (κ2) is 13.0. The van der Waals surface area contributed by atoms with Crippen LogP contribution in [-0.2, 0) is 55.8 Å². The van der Waals surface area contributed by atoms with E-state index in [1.807, 2.05) is 60.7 Å². The number of nitrogens with one attached hydrogen (secondary N) is 2. The molecule has 43 heavy (non-hydrogen) atoms. The molecule has 0 bridgehead atoms. The summed E-state index contributed by atoms with van der Waals surface area (Å²) in [6, 6.07) is 17.3. The Labute approximate surface area is 250 Å². The molecule has 2 aromatic rings. The maximum atomic E-state index is 13.7. The van der Waals surface area contributed by atoms with E-state index >= 15 is 0 Å². The van der Waals surface area contributed by atoms with Crippen LogP contribution < -0.4 is 10.6 Å². The Balaban J connectivity index is 1.24. The van der Waals surface area contributed by atoms with Crippen LogP contribution >= 0.6 is 0 Å². The van der Waals surface area contributed by atoms with Crippen LogP contribution in [0.15, 0.2) is 60.7 Å². The van der Waals surface area contributed by atoms with Gasteiger partial charge in [0, 0.05) is 6.42 Å². The first kappa shape index (κ1) is 30.9. The van der Waals surface area contributed by atoms with Crippen LogP contribution in [-0.4, -0.2) is 79.4 Å². The fourth-order valence-electron chi connectivity index (χ4n) is 5.25.